The van der Waals surface area contributed by atoms with E-state index in [2.05, 4.69) is 26.6 Å². The third kappa shape index (κ3) is 6.63. The number of anilines is 2. The average Bonchev–Trinajstić information content (AvgIpc) is 2.77. The number of nitrogens with two attached hydrogens (primary N) is 1. The standard InChI is InChI=1S/C23H19BrCl2N4O4/c24-18-9-15(26)7-13(21(18)34-11-20(31)32)10-29-19-6-3-14(25)8-17(19)23(33)30-16-4-1-12(2-5-16)22(27)28/h1-9,29H,10-11H2,(H3,27,28)(H,30,33)(H,31,32). The highest BCUT2D eigenvalue weighted by Gasteiger charge is 2.16. The van der Waals surface area contributed by atoms with Gasteiger partial charge in [-0.05, 0) is 70.5 Å². The van der Waals surface area contributed by atoms with E-state index in [1.165, 1.54) is 6.07 Å². The van der Waals surface area contributed by atoms with Gasteiger partial charge in [0, 0.05) is 39.1 Å². The summed E-state index contributed by atoms with van der Waals surface area (Å²) in [6.45, 7) is -0.340. The summed E-state index contributed by atoms with van der Waals surface area (Å²) in [4.78, 5) is 23.9. The number of carbonyl (C=O) groups is 2. The van der Waals surface area contributed by atoms with E-state index in [4.69, 9.17) is 44.2 Å². The summed E-state index contributed by atoms with van der Waals surface area (Å²) in [6, 6.07) is 14.6. The summed E-state index contributed by atoms with van der Waals surface area (Å²) in [5.41, 5.74) is 7.88. The second kappa shape index (κ2) is 11.2. The maximum absolute atomic E-state index is 13.0. The first-order valence-electron chi connectivity index (χ1n) is 9.76. The summed E-state index contributed by atoms with van der Waals surface area (Å²) in [5.74, 6) is -1.27. The van der Waals surface area contributed by atoms with E-state index in [0.29, 0.717) is 42.8 Å². The molecule has 0 heterocycles. The Labute approximate surface area is 213 Å². The number of hydrogen-bond donors (Lipinski definition) is 5. The van der Waals surface area contributed by atoms with Crippen molar-refractivity contribution in [1.29, 1.82) is 5.41 Å². The summed E-state index contributed by atoms with van der Waals surface area (Å²) < 4.78 is 5.91. The lowest BCUT2D eigenvalue weighted by Gasteiger charge is -2.16. The average molecular weight is 566 g/mol. The van der Waals surface area contributed by atoms with Crippen molar-refractivity contribution in [2.75, 3.05) is 17.2 Å². The Morgan fingerprint density at radius 1 is 1.06 bits per heavy atom. The number of nitrogens with one attached hydrogen (secondary N) is 3. The Morgan fingerprint density at radius 2 is 1.76 bits per heavy atom. The van der Waals surface area contributed by atoms with Gasteiger partial charge in [0.2, 0.25) is 0 Å². The predicted molar refractivity (Wildman–Crippen MR) is 136 cm³/mol. The third-order valence-electron chi connectivity index (χ3n) is 4.57. The fourth-order valence-corrected chi connectivity index (χ4v) is 4.18. The van der Waals surface area contributed by atoms with Crippen LogP contribution in [0.1, 0.15) is 21.5 Å². The van der Waals surface area contributed by atoms with Crippen LogP contribution in [-0.2, 0) is 11.3 Å². The summed E-state index contributed by atoms with van der Waals surface area (Å²) in [7, 11) is 0. The van der Waals surface area contributed by atoms with Gasteiger partial charge in [-0.3, -0.25) is 10.2 Å². The van der Waals surface area contributed by atoms with Gasteiger partial charge in [0.15, 0.2) is 6.61 Å². The second-order valence-corrected chi connectivity index (χ2v) is 8.77. The number of amidine groups is 1. The molecule has 8 nitrogen and oxygen atoms in total. The van der Waals surface area contributed by atoms with E-state index in [0.717, 1.165) is 0 Å². The Kier molecular flexibility index (Phi) is 8.38. The molecule has 0 saturated heterocycles. The van der Waals surface area contributed by atoms with Crippen molar-refractivity contribution < 1.29 is 19.4 Å². The molecule has 0 aliphatic rings. The van der Waals surface area contributed by atoms with Crippen LogP contribution in [0.5, 0.6) is 5.75 Å². The molecule has 11 heteroatoms. The largest absolute Gasteiger partial charge is 0.480 e. The zero-order valence-electron chi connectivity index (χ0n) is 17.5. The van der Waals surface area contributed by atoms with Crippen LogP contribution in [0.4, 0.5) is 11.4 Å². The number of amides is 1. The van der Waals surface area contributed by atoms with Gasteiger partial charge in [-0.1, -0.05) is 23.2 Å². The van der Waals surface area contributed by atoms with E-state index in [1.54, 1.807) is 48.5 Å². The predicted octanol–water partition coefficient (Wildman–Crippen LogP) is 5.37. The van der Waals surface area contributed by atoms with Crippen LogP contribution in [0.2, 0.25) is 10.0 Å². The van der Waals surface area contributed by atoms with Gasteiger partial charge < -0.3 is 26.2 Å². The monoisotopic (exact) mass is 564 g/mol. The number of carbonyl (C=O) groups excluding carboxylic acids is 1. The summed E-state index contributed by atoms with van der Waals surface area (Å²) in [6.07, 6.45) is 0. The highest BCUT2D eigenvalue weighted by molar-refractivity contribution is 9.10. The molecule has 0 atom stereocenters. The zero-order valence-corrected chi connectivity index (χ0v) is 20.6. The first kappa shape index (κ1) is 25.4. The number of benzene rings is 3. The van der Waals surface area contributed by atoms with Gasteiger partial charge in [0.1, 0.15) is 11.6 Å². The van der Waals surface area contributed by atoms with Crippen LogP contribution < -0.4 is 21.1 Å². The number of carboxylic acid groups (broad SMARTS) is 1. The van der Waals surface area contributed by atoms with Gasteiger partial charge >= 0.3 is 5.97 Å². The number of carboxylic acids is 1. The van der Waals surface area contributed by atoms with E-state index in [1.807, 2.05) is 0 Å². The molecule has 176 valence electrons. The third-order valence-corrected chi connectivity index (χ3v) is 5.62. The minimum Gasteiger partial charge on any atom is -0.480 e. The zero-order chi connectivity index (χ0) is 24.8. The molecular formula is C23H19BrCl2N4O4. The van der Waals surface area contributed by atoms with Crippen LogP contribution in [0, 0.1) is 5.41 Å². The second-order valence-electron chi connectivity index (χ2n) is 7.05. The van der Waals surface area contributed by atoms with Gasteiger partial charge in [-0.15, -0.1) is 0 Å². The number of nitrogen functional groups attached to an aromatic ring is 1. The molecule has 0 radical (unpaired) electrons. The lowest BCUT2D eigenvalue weighted by molar-refractivity contribution is -0.139. The summed E-state index contributed by atoms with van der Waals surface area (Å²) in [5, 5.41) is 23.2. The molecule has 1 amide bonds. The van der Waals surface area contributed by atoms with Crippen LogP contribution in [0.15, 0.2) is 59.1 Å². The minimum absolute atomic E-state index is 0.0708. The molecule has 0 spiro atoms. The number of rotatable bonds is 9. The lowest BCUT2D eigenvalue weighted by Crippen LogP contribution is -2.16. The molecule has 0 aromatic heterocycles. The molecule has 0 aliphatic carbocycles. The first-order chi connectivity index (χ1) is 16.1. The van der Waals surface area contributed by atoms with Crippen LogP contribution in [-0.4, -0.2) is 29.4 Å². The number of hydrogen-bond acceptors (Lipinski definition) is 5. The number of aliphatic carboxylic acids is 1. The molecule has 6 N–H and O–H groups in total. The maximum atomic E-state index is 13.0. The van der Waals surface area contributed by atoms with Crippen molar-refractivity contribution in [3.8, 4) is 5.75 Å². The topological polar surface area (TPSA) is 138 Å². The summed E-state index contributed by atoms with van der Waals surface area (Å²) >= 11 is 15.6. The van der Waals surface area contributed by atoms with Crippen molar-refractivity contribution in [3.05, 3.63) is 85.8 Å². The molecule has 3 aromatic carbocycles. The molecule has 3 aromatic rings. The highest BCUT2D eigenvalue weighted by Crippen LogP contribution is 2.34. The molecule has 3 rings (SSSR count). The van der Waals surface area contributed by atoms with E-state index < -0.39 is 18.5 Å². The first-order valence-corrected chi connectivity index (χ1v) is 11.3. The van der Waals surface area contributed by atoms with Crippen LogP contribution in [0.3, 0.4) is 0 Å². The van der Waals surface area contributed by atoms with Gasteiger partial charge in [-0.2, -0.15) is 0 Å². The highest BCUT2D eigenvalue weighted by atomic mass is 79.9. The molecule has 0 unspecified atom stereocenters. The Bertz CT molecular complexity index is 1250. The smallest absolute Gasteiger partial charge is 0.341 e. The SMILES string of the molecule is N=C(N)c1ccc(NC(=O)c2cc(Cl)ccc2NCc2cc(Cl)cc(Br)c2OCC(=O)O)cc1. The van der Waals surface area contributed by atoms with Crippen molar-refractivity contribution in [3.63, 3.8) is 0 Å². The quantitative estimate of drug-likeness (QED) is 0.175. The Hall–Kier alpha value is -3.27. The normalized spacial score (nSPS) is 10.4. The van der Waals surface area contributed by atoms with Crippen molar-refractivity contribution in [2.24, 2.45) is 5.73 Å². The van der Waals surface area contributed by atoms with Crippen molar-refractivity contribution >= 4 is 68.2 Å². The van der Waals surface area contributed by atoms with E-state index in [-0.39, 0.29) is 17.9 Å². The van der Waals surface area contributed by atoms with Crippen LogP contribution in [0.25, 0.3) is 0 Å². The molecular weight excluding hydrogens is 547 g/mol. The van der Waals surface area contributed by atoms with Crippen molar-refractivity contribution in [1.82, 2.24) is 0 Å². The molecule has 0 aliphatic heterocycles. The molecule has 0 bridgehead atoms. The van der Waals surface area contributed by atoms with Gasteiger partial charge in [0.25, 0.3) is 5.91 Å². The molecule has 34 heavy (non-hydrogen) atoms. The van der Waals surface area contributed by atoms with E-state index >= 15 is 0 Å². The number of halogens is 3. The minimum atomic E-state index is -1.12. The molecule has 0 fully saturated rings. The fraction of sp³-hybridized carbons (Fsp3) is 0.0870. The van der Waals surface area contributed by atoms with E-state index in [9.17, 15) is 9.59 Å². The number of ether oxygens (including phenoxy) is 1. The van der Waals surface area contributed by atoms with Gasteiger partial charge in [0.05, 0.1) is 10.0 Å². The fourth-order valence-electron chi connectivity index (χ4n) is 3.02. The lowest BCUT2D eigenvalue weighted by atomic mass is 10.1. The molecule has 0 saturated carbocycles. The maximum Gasteiger partial charge on any atom is 0.341 e. The van der Waals surface area contributed by atoms with Crippen molar-refractivity contribution in [2.45, 2.75) is 6.54 Å². The van der Waals surface area contributed by atoms with Gasteiger partial charge in [-0.25, -0.2) is 4.79 Å². The van der Waals surface area contributed by atoms with Crippen LogP contribution >= 0.6 is 39.1 Å². The Balaban J connectivity index is 1.82. The Morgan fingerprint density at radius 3 is 2.41 bits per heavy atom.